The summed E-state index contributed by atoms with van der Waals surface area (Å²) >= 11 is 0. The van der Waals surface area contributed by atoms with Gasteiger partial charge in [-0.3, -0.25) is 0 Å². The van der Waals surface area contributed by atoms with Gasteiger partial charge in [-0.15, -0.1) is 0 Å². The summed E-state index contributed by atoms with van der Waals surface area (Å²) in [6.45, 7) is 4.98. The Hall–Kier alpha value is -1.90. The number of aromatic nitrogens is 2. The molecule has 88 valence electrons. The van der Waals surface area contributed by atoms with Crippen molar-refractivity contribution in [2.75, 3.05) is 5.32 Å². The molecular weight excluding hydrogens is 210 g/mol. The maximum atomic E-state index is 4.20. The van der Waals surface area contributed by atoms with E-state index in [1.807, 2.05) is 6.07 Å². The van der Waals surface area contributed by atoms with Crippen molar-refractivity contribution in [3.8, 4) is 0 Å². The quantitative estimate of drug-likeness (QED) is 0.872. The third-order valence-corrected chi connectivity index (χ3v) is 2.64. The summed E-state index contributed by atoms with van der Waals surface area (Å²) in [5, 5.41) is 3.31. The fourth-order valence-electron chi connectivity index (χ4n) is 1.70. The maximum Gasteiger partial charge on any atom is 0.129 e. The van der Waals surface area contributed by atoms with Crippen LogP contribution >= 0.6 is 0 Å². The van der Waals surface area contributed by atoms with E-state index >= 15 is 0 Å². The molecule has 1 aromatic heterocycles. The minimum atomic E-state index is 0.793. The highest BCUT2D eigenvalue weighted by Crippen LogP contribution is 2.08. The second kappa shape index (κ2) is 5.43. The first kappa shape index (κ1) is 11.6. The Bertz CT molecular complexity index is 494. The molecule has 3 heteroatoms. The molecule has 1 heterocycles. The fraction of sp³-hybridized carbons (Fsp3) is 0.286. The van der Waals surface area contributed by atoms with Gasteiger partial charge in [0.05, 0.1) is 0 Å². The Balaban J connectivity index is 2.02. The predicted molar refractivity (Wildman–Crippen MR) is 69.9 cm³/mol. The van der Waals surface area contributed by atoms with E-state index in [1.54, 1.807) is 6.33 Å². The highest BCUT2D eigenvalue weighted by Gasteiger charge is 1.97. The molecule has 2 rings (SSSR count). The predicted octanol–water partition coefficient (Wildman–Crippen LogP) is 2.96. The van der Waals surface area contributed by atoms with Gasteiger partial charge in [-0.05, 0) is 18.9 Å². The standard InChI is InChI=1S/C14H17N3/c1-3-13-8-14(17-10-16-13)15-9-12-6-4-5-11(2)7-12/h4-8,10H,3,9H2,1-2H3,(H,15,16,17). The van der Waals surface area contributed by atoms with Gasteiger partial charge in [0.2, 0.25) is 0 Å². The topological polar surface area (TPSA) is 37.8 Å². The normalized spacial score (nSPS) is 10.2. The van der Waals surface area contributed by atoms with E-state index in [1.165, 1.54) is 11.1 Å². The van der Waals surface area contributed by atoms with E-state index in [9.17, 15) is 0 Å². The van der Waals surface area contributed by atoms with Gasteiger partial charge in [0, 0.05) is 18.3 Å². The number of hydrogen-bond acceptors (Lipinski definition) is 3. The van der Waals surface area contributed by atoms with Gasteiger partial charge in [0.15, 0.2) is 0 Å². The first-order valence-corrected chi connectivity index (χ1v) is 5.88. The molecule has 0 atom stereocenters. The largest absolute Gasteiger partial charge is 0.366 e. The monoisotopic (exact) mass is 227 g/mol. The van der Waals surface area contributed by atoms with Crippen LogP contribution in [0.1, 0.15) is 23.7 Å². The first-order chi connectivity index (χ1) is 8.28. The van der Waals surface area contributed by atoms with E-state index in [4.69, 9.17) is 0 Å². The van der Waals surface area contributed by atoms with Crippen LogP contribution in [0.4, 0.5) is 5.82 Å². The second-order valence-corrected chi connectivity index (χ2v) is 4.09. The molecule has 0 aliphatic heterocycles. The van der Waals surface area contributed by atoms with Crippen molar-refractivity contribution in [1.82, 2.24) is 9.97 Å². The first-order valence-electron chi connectivity index (χ1n) is 5.88. The molecule has 0 bridgehead atoms. The summed E-state index contributed by atoms with van der Waals surface area (Å²) in [7, 11) is 0. The molecule has 0 fully saturated rings. The van der Waals surface area contributed by atoms with Crippen LogP contribution < -0.4 is 5.32 Å². The lowest BCUT2D eigenvalue weighted by atomic mass is 10.1. The highest BCUT2D eigenvalue weighted by atomic mass is 15.0. The number of aryl methyl sites for hydroxylation is 2. The minimum Gasteiger partial charge on any atom is -0.366 e. The Morgan fingerprint density at radius 2 is 2.06 bits per heavy atom. The number of nitrogens with one attached hydrogen (secondary N) is 1. The van der Waals surface area contributed by atoms with Crippen molar-refractivity contribution in [3.63, 3.8) is 0 Å². The van der Waals surface area contributed by atoms with E-state index in [0.717, 1.165) is 24.5 Å². The van der Waals surface area contributed by atoms with E-state index in [-0.39, 0.29) is 0 Å². The Kier molecular flexibility index (Phi) is 3.70. The average Bonchev–Trinajstić information content (AvgIpc) is 2.37. The summed E-state index contributed by atoms with van der Waals surface area (Å²) < 4.78 is 0. The maximum absolute atomic E-state index is 4.20. The number of nitrogens with zero attached hydrogens (tertiary/aromatic N) is 2. The molecule has 1 N–H and O–H groups in total. The Labute approximate surface area is 102 Å². The van der Waals surface area contributed by atoms with Crippen molar-refractivity contribution in [3.05, 3.63) is 53.5 Å². The van der Waals surface area contributed by atoms with Gasteiger partial charge in [-0.2, -0.15) is 0 Å². The molecule has 0 saturated carbocycles. The SMILES string of the molecule is CCc1cc(NCc2cccc(C)c2)ncn1. The molecule has 0 spiro atoms. The van der Waals surface area contributed by atoms with Crippen LogP contribution in [-0.4, -0.2) is 9.97 Å². The average molecular weight is 227 g/mol. The van der Waals surface area contributed by atoms with Crippen LogP contribution in [0.3, 0.4) is 0 Å². The lowest BCUT2D eigenvalue weighted by molar-refractivity contribution is 0.986. The minimum absolute atomic E-state index is 0.793. The van der Waals surface area contributed by atoms with Crippen LogP contribution in [0.5, 0.6) is 0 Å². The Morgan fingerprint density at radius 3 is 2.82 bits per heavy atom. The molecule has 0 amide bonds. The van der Waals surface area contributed by atoms with Crippen molar-refractivity contribution in [1.29, 1.82) is 0 Å². The van der Waals surface area contributed by atoms with Gasteiger partial charge < -0.3 is 5.32 Å². The van der Waals surface area contributed by atoms with Gasteiger partial charge in [-0.1, -0.05) is 36.8 Å². The van der Waals surface area contributed by atoms with Crippen LogP contribution in [0.15, 0.2) is 36.7 Å². The zero-order chi connectivity index (χ0) is 12.1. The van der Waals surface area contributed by atoms with Crippen LogP contribution in [0.2, 0.25) is 0 Å². The summed E-state index contributed by atoms with van der Waals surface area (Å²) in [4.78, 5) is 8.38. The van der Waals surface area contributed by atoms with Crippen molar-refractivity contribution in [2.24, 2.45) is 0 Å². The molecule has 0 aliphatic rings. The van der Waals surface area contributed by atoms with Crippen molar-refractivity contribution < 1.29 is 0 Å². The van der Waals surface area contributed by atoms with Crippen LogP contribution in [-0.2, 0) is 13.0 Å². The third-order valence-electron chi connectivity index (χ3n) is 2.64. The molecular formula is C14H17N3. The molecule has 2 aromatic rings. The van der Waals surface area contributed by atoms with Crippen LogP contribution in [0, 0.1) is 6.92 Å². The van der Waals surface area contributed by atoms with Gasteiger partial charge in [-0.25, -0.2) is 9.97 Å². The number of benzene rings is 1. The fourth-order valence-corrected chi connectivity index (χ4v) is 1.70. The van der Waals surface area contributed by atoms with Gasteiger partial charge >= 0.3 is 0 Å². The molecule has 3 nitrogen and oxygen atoms in total. The van der Waals surface area contributed by atoms with E-state index in [2.05, 4.69) is 53.4 Å². The number of hydrogen-bond donors (Lipinski definition) is 1. The van der Waals surface area contributed by atoms with Gasteiger partial charge in [0.25, 0.3) is 0 Å². The number of rotatable bonds is 4. The lowest BCUT2D eigenvalue weighted by Gasteiger charge is -2.07. The molecule has 0 saturated heterocycles. The van der Waals surface area contributed by atoms with Crippen LogP contribution in [0.25, 0.3) is 0 Å². The summed E-state index contributed by atoms with van der Waals surface area (Å²) in [6, 6.07) is 10.5. The second-order valence-electron chi connectivity index (χ2n) is 4.09. The molecule has 1 aromatic carbocycles. The Morgan fingerprint density at radius 1 is 1.18 bits per heavy atom. The zero-order valence-electron chi connectivity index (χ0n) is 10.3. The molecule has 0 aliphatic carbocycles. The van der Waals surface area contributed by atoms with E-state index in [0.29, 0.717) is 0 Å². The molecule has 0 radical (unpaired) electrons. The zero-order valence-corrected chi connectivity index (χ0v) is 10.3. The smallest absolute Gasteiger partial charge is 0.129 e. The summed E-state index contributed by atoms with van der Waals surface area (Å²) in [6.07, 6.45) is 2.54. The van der Waals surface area contributed by atoms with Gasteiger partial charge in [0.1, 0.15) is 12.1 Å². The highest BCUT2D eigenvalue weighted by molar-refractivity contribution is 5.36. The summed E-state index contributed by atoms with van der Waals surface area (Å²) in [5.74, 6) is 0.887. The van der Waals surface area contributed by atoms with Crippen molar-refractivity contribution >= 4 is 5.82 Å². The van der Waals surface area contributed by atoms with Crippen molar-refractivity contribution in [2.45, 2.75) is 26.8 Å². The van der Waals surface area contributed by atoms with E-state index < -0.39 is 0 Å². The molecule has 0 unspecified atom stereocenters. The third kappa shape index (κ3) is 3.28. The lowest BCUT2D eigenvalue weighted by Crippen LogP contribution is -2.02. The number of anilines is 1. The molecule has 17 heavy (non-hydrogen) atoms. The summed E-state index contributed by atoms with van der Waals surface area (Å²) in [5.41, 5.74) is 3.61.